The molecule has 2 unspecified atom stereocenters. The summed E-state index contributed by atoms with van der Waals surface area (Å²) in [6, 6.07) is 13.7. The standard InChI is InChI=1S/C17H22N2O2/c1-13-7-3-4-9-17(13)21-12-15(20)11-19-14(2)16-8-5-6-10-18-16/h3-10,14-15,19-20H,11-12H2,1-2H3. The lowest BCUT2D eigenvalue weighted by molar-refractivity contribution is 0.103. The van der Waals surface area contributed by atoms with E-state index < -0.39 is 6.10 Å². The molecule has 2 rings (SSSR count). The molecule has 0 amide bonds. The van der Waals surface area contributed by atoms with Gasteiger partial charge in [0.2, 0.25) is 0 Å². The van der Waals surface area contributed by atoms with Crippen LogP contribution in [-0.4, -0.2) is 29.3 Å². The Kier molecular flexibility index (Phi) is 5.72. The highest BCUT2D eigenvalue weighted by atomic mass is 16.5. The number of benzene rings is 1. The van der Waals surface area contributed by atoms with Gasteiger partial charge in [-0.3, -0.25) is 4.98 Å². The molecule has 21 heavy (non-hydrogen) atoms. The van der Waals surface area contributed by atoms with Crippen molar-refractivity contribution in [2.24, 2.45) is 0 Å². The topological polar surface area (TPSA) is 54.4 Å². The average molecular weight is 286 g/mol. The van der Waals surface area contributed by atoms with Crippen LogP contribution < -0.4 is 10.1 Å². The summed E-state index contributed by atoms with van der Waals surface area (Å²) >= 11 is 0. The predicted molar refractivity (Wildman–Crippen MR) is 83.3 cm³/mol. The van der Waals surface area contributed by atoms with Gasteiger partial charge in [-0.25, -0.2) is 0 Å². The lowest BCUT2D eigenvalue weighted by atomic mass is 10.2. The molecule has 0 aliphatic carbocycles. The molecule has 4 heteroatoms. The van der Waals surface area contributed by atoms with Gasteiger partial charge in [0, 0.05) is 18.8 Å². The molecule has 0 fully saturated rings. The van der Waals surface area contributed by atoms with Gasteiger partial charge in [-0.15, -0.1) is 0 Å². The molecule has 2 aromatic rings. The monoisotopic (exact) mass is 286 g/mol. The zero-order valence-electron chi connectivity index (χ0n) is 12.5. The molecule has 2 atom stereocenters. The van der Waals surface area contributed by atoms with Gasteiger partial charge in [0.1, 0.15) is 18.5 Å². The number of aliphatic hydroxyl groups is 1. The van der Waals surface area contributed by atoms with E-state index >= 15 is 0 Å². The normalized spacial score (nSPS) is 13.7. The molecule has 0 aliphatic heterocycles. The van der Waals surface area contributed by atoms with E-state index in [2.05, 4.69) is 10.3 Å². The maximum absolute atomic E-state index is 9.99. The van der Waals surface area contributed by atoms with Crippen LogP contribution in [0.4, 0.5) is 0 Å². The first-order valence-corrected chi connectivity index (χ1v) is 7.17. The smallest absolute Gasteiger partial charge is 0.122 e. The Bertz CT molecular complexity index is 545. The van der Waals surface area contributed by atoms with Crippen LogP contribution in [0.25, 0.3) is 0 Å². The Morgan fingerprint density at radius 3 is 2.67 bits per heavy atom. The minimum atomic E-state index is -0.559. The number of rotatable bonds is 7. The quantitative estimate of drug-likeness (QED) is 0.821. The summed E-state index contributed by atoms with van der Waals surface area (Å²) in [5.74, 6) is 0.814. The molecule has 112 valence electrons. The number of hydrogen-bond acceptors (Lipinski definition) is 4. The van der Waals surface area contributed by atoms with Crippen LogP contribution in [0.1, 0.15) is 24.2 Å². The molecule has 1 aromatic carbocycles. The van der Waals surface area contributed by atoms with Crippen molar-refractivity contribution in [3.05, 3.63) is 59.9 Å². The Hall–Kier alpha value is -1.91. The van der Waals surface area contributed by atoms with Crippen LogP contribution in [0, 0.1) is 6.92 Å². The highest BCUT2D eigenvalue weighted by Gasteiger charge is 2.10. The molecule has 0 saturated carbocycles. The minimum Gasteiger partial charge on any atom is -0.491 e. The molecule has 2 N–H and O–H groups in total. The third kappa shape index (κ3) is 4.85. The number of ether oxygens (including phenoxy) is 1. The highest BCUT2D eigenvalue weighted by Crippen LogP contribution is 2.16. The van der Waals surface area contributed by atoms with Crippen molar-refractivity contribution in [2.45, 2.75) is 26.0 Å². The molecule has 1 heterocycles. The van der Waals surface area contributed by atoms with Crippen LogP contribution in [0.15, 0.2) is 48.7 Å². The lowest BCUT2D eigenvalue weighted by Gasteiger charge is -2.17. The van der Waals surface area contributed by atoms with Crippen LogP contribution in [0.2, 0.25) is 0 Å². The summed E-state index contributed by atoms with van der Waals surface area (Å²) in [5.41, 5.74) is 2.03. The largest absolute Gasteiger partial charge is 0.491 e. The van der Waals surface area contributed by atoms with Gasteiger partial charge in [0.05, 0.1) is 5.69 Å². The molecule has 0 aliphatic rings. The van der Waals surface area contributed by atoms with Crippen LogP contribution >= 0.6 is 0 Å². The zero-order chi connectivity index (χ0) is 15.1. The summed E-state index contributed by atoms with van der Waals surface area (Å²) in [4.78, 5) is 4.29. The molecule has 0 bridgehead atoms. The third-order valence-electron chi connectivity index (χ3n) is 3.32. The van der Waals surface area contributed by atoms with Crippen LogP contribution in [0.5, 0.6) is 5.75 Å². The van der Waals surface area contributed by atoms with Crippen molar-refractivity contribution in [3.63, 3.8) is 0 Å². The van der Waals surface area contributed by atoms with Crippen LogP contribution in [-0.2, 0) is 0 Å². The number of nitrogens with one attached hydrogen (secondary N) is 1. The maximum Gasteiger partial charge on any atom is 0.122 e. The van der Waals surface area contributed by atoms with Crippen molar-refractivity contribution in [1.82, 2.24) is 10.3 Å². The number of nitrogens with zero attached hydrogens (tertiary/aromatic N) is 1. The average Bonchev–Trinajstić information content (AvgIpc) is 2.52. The highest BCUT2D eigenvalue weighted by molar-refractivity contribution is 5.31. The fourth-order valence-electron chi connectivity index (χ4n) is 2.01. The first-order chi connectivity index (χ1) is 10.2. The number of pyridine rings is 1. The van der Waals surface area contributed by atoms with Gasteiger partial charge in [0.15, 0.2) is 0 Å². The fourth-order valence-corrected chi connectivity index (χ4v) is 2.01. The summed E-state index contributed by atoms with van der Waals surface area (Å²) in [7, 11) is 0. The molecular weight excluding hydrogens is 264 g/mol. The van der Waals surface area contributed by atoms with E-state index in [1.165, 1.54) is 0 Å². The zero-order valence-corrected chi connectivity index (χ0v) is 12.5. The third-order valence-corrected chi connectivity index (χ3v) is 3.32. The second-order valence-corrected chi connectivity index (χ2v) is 5.11. The SMILES string of the molecule is Cc1ccccc1OCC(O)CNC(C)c1ccccn1. The second-order valence-electron chi connectivity index (χ2n) is 5.11. The van der Waals surface area contributed by atoms with Gasteiger partial charge in [-0.05, 0) is 37.6 Å². The summed E-state index contributed by atoms with van der Waals surface area (Å²) < 4.78 is 5.63. The van der Waals surface area contributed by atoms with E-state index in [0.29, 0.717) is 6.54 Å². The van der Waals surface area contributed by atoms with E-state index in [9.17, 15) is 5.11 Å². The van der Waals surface area contributed by atoms with Gasteiger partial charge in [-0.2, -0.15) is 0 Å². The molecule has 0 spiro atoms. The first-order valence-electron chi connectivity index (χ1n) is 7.17. The van der Waals surface area contributed by atoms with Crippen molar-refractivity contribution < 1.29 is 9.84 Å². The Labute approximate surface area is 125 Å². The molecule has 1 aromatic heterocycles. The van der Waals surface area contributed by atoms with Gasteiger partial charge < -0.3 is 15.2 Å². The fraction of sp³-hybridized carbons (Fsp3) is 0.353. The van der Waals surface area contributed by atoms with E-state index in [0.717, 1.165) is 17.0 Å². The summed E-state index contributed by atoms with van der Waals surface area (Å²) in [6.45, 7) is 4.75. The van der Waals surface area contributed by atoms with Gasteiger partial charge >= 0.3 is 0 Å². The van der Waals surface area contributed by atoms with E-state index in [4.69, 9.17) is 4.74 Å². The second kappa shape index (κ2) is 7.76. The summed E-state index contributed by atoms with van der Waals surface area (Å²) in [5, 5.41) is 13.2. The minimum absolute atomic E-state index is 0.0966. The number of aromatic nitrogens is 1. The Morgan fingerprint density at radius 2 is 1.95 bits per heavy atom. The first kappa shape index (κ1) is 15.5. The van der Waals surface area contributed by atoms with Crippen molar-refractivity contribution >= 4 is 0 Å². The molecule has 4 nitrogen and oxygen atoms in total. The summed E-state index contributed by atoms with van der Waals surface area (Å²) in [6.07, 6.45) is 1.21. The van der Waals surface area contributed by atoms with Crippen molar-refractivity contribution in [1.29, 1.82) is 0 Å². The van der Waals surface area contributed by atoms with Gasteiger partial charge in [0.25, 0.3) is 0 Å². The van der Waals surface area contributed by atoms with Crippen molar-refractivity contribution in [2.75, 3.05) is 13.2 Å². The lowest BCUT2D eigenvalue weighted by Crippen LogP contribution is -2.33. The molecule has 0 saturated heterocycles. The molecular formula is C17H22N2O2. The van der Waals surface area contributed by atoms with E-state index in [-0.39, 0.29) is 12.6 Å². The van der Waals surface area contributed by atoms with E-state index in [1.807, 2.05) is 56.3 Å². The molecule has 0 radical (unpaired) electrons. The van der Waals surface area contributed by atoms with E-state index in [1.54, 1.807) is 6.20 Å². The Balaban J connectivity index is 1.75. The number of hydrogen-bond donors (Lipinski definition) is 2. The number of para-hydroxylation sites is 1. The number of aliphatic hydroxyl groups excluding tert-OH is 1. The predicted octanol–water partition coefficient (Wildman–Crippen LogP) is 2.48. The van der Waals surface area contributed by atoms with Crippen LogP contribution in [0.3, 0.4) is 0 Å². The maximum atomic E-state index is 9.99. The number of aryl methyl sites for hydroxylation is 1. The van der Waals surface area contributed by atoms with Gasteiger partial charge in [-0.1, -0.05) is 24.3 Å². The van der Waals surface area contributed by atoms with Crippen molar-refractivity contribution in [3.8, 4) is 5.75 Å². The Morgan fingerprint density at radius 1 is 1.19 bits per heavy atom.